The summed E-state index contributed by atoms with van der Waals surface area (Å²) in [5.41, 5.74) is 2.03. The van der Waals surface area contributed by atoms with Crippen LogP contribution in [0.3, 0.4) is 0 Å². The average molecular weight is 249 g/mol. The number of cyclic esters (lactones) is 1. The zero-order valence-corrected chi connectivity index (χ0v) is 11.0. The third-order valence-corrected chi connectivity index (χ3v) is 3.10. The Kier molecular flexibility index (Phi) is 3.30. The van der Waals surface area contributed by atoms with Gasteiger partial charge in [-0.15, -0.1) is 0 Å². The molecular weight excluding hydrogens is 230 g/mol. The fourth-order valence-corrected chi connectivity index (χ4v) is 1.97. The molecule has 4 nitrogen and oxygen atoms in total. The molecule has 1 aromatic carbocycles. The standard InChI is InChI=1S/C14H19NO3/c1-14(2,3)10-5-4-6-11(7-10)15-8-12(9-16)18-13(15)17/h4-7,12,16H,8-9H2,1-3H3. The van der Waals surface area contributed by atoms with Gasteiger partial charge < -0.3 is 9.84 Å². The number of anilines is 1. The van der Waals surface area contributed by atoms with Crippen LogP contribution in [-0.4, -0.2) is 30.5 Å². The Morgan fingerprint density at radius 1 is 1.44 bits per heavy atom. The van der Waals surface area contributed by atoms with E-state index in [-0.39, 0.29) is 18.1 Å². The third-order valence-electron chi connectivity index (χ3n) is 3.10. The average Bonchev–Trinajstić information content (AvgIpc) is 2.70. The molecular formula is C14H19NO3. The predicted octanol–water partition coefficient (Wildman–Crippen LogP) is 2.30. The molecule has 1 unspecified atom stereocenters. The number of benzene rings is 1. The number of nitrogens with zero attached hydrogens (tertiary/aromatic N) is 1. The first-order valence-corrected chi connectivity index (χ1v) is 6.11. The molecule has 98 valence electrons. The maximum Gasteiger partial charge on any atom is 0.414 e. The van der Waals surface area contributed by atoms with Crippen LogP contribution < -0.4 is 4.90 Å². The smallest absolute Gasteiger partial charge is 0.414 e. The number of carbonyl (C=O) groups is 1. The van der Waals surface area contributed by atoms with Crippen LogP contribution in [0.5, 0.6) is 0 Å². The summed E-state index contributed by atoms with van der Waals surface area (Å²) >= 11 is 0. The lowest BCUT2D eigenvalue weighted by Crippen LogP contribution is -2.25. The first kappa shape index (κ1) is 12.9. The van der Waals surface area contributed by atoms with E-state index in [0.29, 0.717) is 6.54 Å². The fourth-order valence-electron chi connectivity index (χ4n) is 1.97. The van der Waals surface area contributed by atoms with Gasteiger partial charge in [0.15, 0.2) is 0 Å². The van der Waals surface area contributed by atoms with Gasteiger partial charge in [0.25, 0.3) is 0 Å². The SMILES string of the molecule is CC(C)(C)c1cccc(N2CC(CO)OC2=O)c1. The normalized spacial score (nSPS) is 20.1. The minimum Gasteiger partial charge on any atom is -0.441 e. The van der Waals surface area contributed by atoms with Crippen molar-refractivity contribution in [2.24, 2.45) is 0 Å². The molecule has 1 aromatic rings. The van der Waals surface area contributed by atoms with Gasteiger partial charge in [-0.2, -0.15) is 0 Å². The first-order valence-electron chi connectivity index (χ1n) is 6.11. The van der Waals surface area contributed by atoms with E-state index in [2.05, 4.69) is 26.8 Å². The minimum absolute atomic E-state index is 0.0377. The second-order valence-electron chi connectivity index (χ2n) is 5.60. The molecule has 1 saturated heterocycles. The number of rotatable bonds is 2. The molecule has 0 aromatic heterocycles. The van der Waals surface area contributed by atoms with Gasteiger partial charge in [-0.1, -0.05) is 32.9 Å². The Morgan fingerprint density at radius 2 is 2.17 bits per heavy atom. The summed E-state index contributed by atoms with van der Waals surface area (Å²) in [6.45, 7) is 6.66. The van der Waals surface area contributed by atoms with Crippen molar-refractivity contribution < 1.29 is 14.6 Å². The van der Waals surface area contributed by atoms with Crippen molar-refractivity contribution >= 4 is 11.8 Å². The molecule has 1 aliphatic heterocycles. The van der Waals surface area contributed by atoms with E-state index in [0.717, 1.165) is 5.69 Å². The van der Waals surface area contributed by atoms with Gasteiger partial charge in [0.2, 0.25) is 0 Å². The zero-order chi connectivity index (χ0) is 13.3. The van der Waals surface area contributed by atoms with Gasteiger partial charge in [0, 0.05) is 5.69 Å². The quantitative estimate of drug-likeness (QED) is 0.875. The number of hydrogen-bond acceptors (Lipinski definition) is 3. The Hall–Kier alpha value is -1.55. The summed E-state index contributed by atoms with van der Waals surface area (Å²) in [7, 11) is 0. The number of carbonyl (C=O) groups excluding carboxylic acids is 1. The van der Waals surface area contributed by atoms with Crippen LogP contribution in [0.4, 0.5) is 10.5 Å². The van der Waals surface area contributed by atoms with E-state index in [1.165, 1.54) is 5.56 Å². The summed E-state index contributed by atoms with van der Waals surface area (Å²) in [4.78, 5) is 13.3. The molecule has 1 fully saturated rings. The molecule has 1 aliphatic rings. The van der Waals surface area contributed by atoms with Crippen LogP contribution in [0.25, 0.3) is 0 Å². The summed E-state index contributed by atoms with van der Waals surface area (Å²) in [6.07, 6.45) is -0.809. The highest BCUT2D eigenvalue weighted by Crippen LogP contribution is 2.28. The van der Waals surface area contributed by atoms with Crippen molar-refractivity contribution in [1.29, 1.82) is 0 Å². The van der Waals surface area contributed by atoms with Crippen LogP contribution in [0, 0.1) is 0 Å². The lowest BCUT2D eigenvalue weighted by Gasteiger charge is -2.21. The largest absolute Gasteiger partial charge is 0.441 e. The Morgan fingerprint density at radius 3 is 2.72 bits per heavy atom. The van der Waals surface area contributed by atoms with Gasteiger partial charge >= 0.3 is 6.09 Å². The van der Waals surface area contributed by atoms with Crippen molar-refractivity contribution in [2.75, 3.05) is 18.1 Å². The summed E-state index contributed by atoms with van der Waals surface area (Å²) < 4.78 is 5.04. The van der Waals surface area contributed by atoms with E-state index < -0.39 is 6.10 Å². The first-order chi connectivity index (χ1) is 8.41. The topological polar surface area (TPSA) is 49.8 Å². The highest BCUT2D eigenvalue weighted by Gasteiger charge is 2.32. The number of hydrogen-bond donors (Lipinski definition) is 1. The van der Waals surface area contributed by atoms with Crippen molar-refractivity contribution in [3.05, 3.63) is 29.8 Å². The molecule has 4 heteroatoms. The van der Waals surface area contributed by atoms with E-state index >= 15 is 0 Å². The van der Waals surface area contributed by atoms with E-state index in [1.54, 1.807) is 4.90 Å². The van der Waals surface area contributed by atoms with Gasteiger partial charge in [-0.05, 0) is 23.1 Å². The van der Waals surface area contributed by atoms with Crippen LogP contribution in [0.15, 0.2) is 24.3 Å². The molecule has 0 aliphatic carbocycles. The van der Waals surface area contributed by atoms with Crippen LogP contribution >= 0.6 is 0 Å². The van der Waals surface area contributed by atoms with E-state index in [9.17, 15) is 4.79 Å². The molecule has 0 spiro atoms. The van der Waals surface area contributed by atoms with Crippen molar-refractivity contribution in [2.45, 2.75) is 32.3 Å². The fraction of sp³-hybridized carbons (Fsp3) is 0.500. The monoisotopic (exact) mass is 249 g/mol. The molecule has 1 heterocycles. The predicted molar refractivity (Wildman–Crippen MR) is 69.8 cm³/mol. The molecule has 0 saturated carbocycles. The Balaban J connectivity index is 2.27. The van der Waals surface area contributed by atoms with Crippen molar-refractivity contribution in [1.82, 2.24) is 0 Å². The van der Waals surface area contributed by atoms with Gasteiger partial charge in [0.05, 0.1) is 13.2 Å². The molecule has 1 N–H and O–H groups in total. The molecule has 18 heavy (non-hydrogen) atoms. The van der Waals surface area contributed by atoms with Crippen LogP contribution in [-0.2, 0) is 10.2 Å². The number of ether oxygens (including phenoxy) is 1. The van der Waals surface area contributed by atoms with Crippen LogP contribution in [0.2, 0.25) is 0 Å². The van der Waals surface area contributed by atoms with Crippen molar-refractivity contribution in [3.63, 3.8) is 0 Å². The highest BCUT2D eigenvalue weighted by atomic mass is 16.6. The molecule has 1 atom stereocenters. The zero-order valence-electron chi connectivity index (χ0n) is 11.0. The van der Waals surface area contributed by atoms with Crippen molar-refractivity contribution in [3.8, 4) is 0 Å². The second kappa shape index (κ2) is 4.61. The third kappa shape index (κ3) is 2.48. The number of amides is 1. The Labute approximate surface area is 107 Å². The molecule has 0 radical (unpaired) electrons. The molecule has 1 amide bonds. The number of aliphatic hydroxyl groups excluding tert-OH is 1. The lowest BCUT2D eigenvalue weighted by atomic mass is 9.87. The summed E-state index contributed by atoms with van der Waals surface area (Å²) in [5.74, 6) is 0. The maximum atomic E-state index is 11.7. The van der Waals surface area contributed by atoms with Gasteiger partial charge in [-0.3, -0.25) is 4.90 Å². The summed E-state index contributed by atoms with van der Waals surface area (Å²) in [5, 5.41) is 9.03. The maximum absolute atomic E-state index is 11.7. The summed E-state index contributed by atoms with van der Waals surface area (Å²) in [6, 6.07) is 7.88. The van der Waals surface area contributed by atoms with Crippen LogP contribution in [0.1, 0.15) is 26.3 Å². The molecule has 0 bridgehead atoms. The number of aliphatic hydroxyl groups is 1. The minimum atomic E-state index is -0.421. The van der Waals surface area contributed by atoms with Gasteiger partial charge in [0.1, 0.15) is 6.10 Å². The van der Waals surface area contributed by atoms with E-state index in [1.807, 2.05) is 18.2 Å². The highest BCUT2D eigenvalue weighted by molar-refractivity contribution is 5.89. The Bertz CT molecular complexity index is 451. The lowest BCUT2D eigenvalue weighted by molar-refractivity contribution is 0.0963. The van der Waals surface area contributed by atoms with E-state index in [4.69, 9.17) is 9.84 Å². The molecule has 2 rings (SSSR count). The second-order valence-corrected chi connectivity index (χ2v) is 5.60. The van der Waals surface area contributed by atoms with Gasteiger partial charge in [-0.25, -0.2) is 4.79 Å².